The second-order valence-electron chi connectivity index (χ2n) is 4.57. The molecule has 2 N–H and O–H groups in total. The highest BCUT2D eigenvalue weighted by Gasteiger charge is 2.15. The summed E-state index contributed by atoms with van der Waals surface area (Å²) in [7, 11) is 0. The number of amides is 2. The lowest BCUT2D eigenvalue weighted by Crippen LogP contribution is -2.29. The Morgan fingerprint density at radius 2 is 2.00 bits per heavy atom. The maximum absolute atomic E-state index is 12.2. The maximum Gasteiger partial charge on any atom is 0.270 e. The highest BCUT2D eigenvalue weighted by atomic mass is 16.2. The molecule has 2 heterocycles. The SMILES string of the molecule is CC(=O)NCCCNC(=O)c1c(C)nc2ccccn12. The van der Waals surface area contributed by atoms with Gasteiger partial charge in [-0.2, -0.15) is 0 Å². The summed E-state index contributed by atoms with van der Waals surface area (Å²) in [5.74, 6) is -0.210. The van der Waals surface area contributed by atoms with Crippen LogP contribution in [0.4, 0.5) is 0 Å². The number of carbonyl (C=O) groups is 2. The van der Waals surface area contributed by atoms with Crippen molar-refractivity contribution in [2.45, 2.75) is 20.3 Å². The molecule has 20 heavy (non-hydrogen) atoms. The molecule has 0 radical (unpaired) electrons. The van der Waals surface area contributed by atoms with Gasteiger partial charge in [-0.3, -0.25) is 14.0 Å². The zero-order chi connectivity index (χ0) is 14.5. The topological polar surface area (TPSA) is 75.5 Å². The second-order valence-corrected chi connectivity index (χ2v) is 4.57. The number of rotatable bonds is 5. The summed E-state index contributed by atoms with van der Waals surface area (Å²) in [6, 6.07) is 5.61. The minimum Gasteiger partial charge on any atom is -0.356 e. The predicted octanol–water partition coefficient (Wildman–Crippen LogP) is 0.899. The number of hydrogen-bond donors (Lipinski definition) is 2. The van der Waals surface area contributed by atoms with Gasteiger partial charge in [0, 0.05) is 26.2 Å². The standard InChI is InChI=1S/C14H18N4O2/c1-10-13(18-9-4-3-6-12(18)17-10)14(20)16-8-5-7-15-11(2)19/h3-4,6,9H,5,7-8H2,1-2H3,(H,15,19)(H,16,20). The molecule has 106 valence electrons. The van der Waals surface area contributed by atoms with Gasteiger partial charge in [0.2, 0.25) is 5.91 Å². The van der Waals surface area contributed by atoms with Crippen LogP contribution in [0.1, 0.15) is 29.5 Å². The van der Waals surface area contributed by atoms with Crippen LogP contribution in [0.5, 0.6) is 0 Å². The molecular formula is C14H18N4O2. The summed E-state index contributed by atoms with van der Waals surface area (Å²) in [6.07, 6.45) is 2.52. The van der Waals surface area contributed by atoms with E-state index in [9.17, 15) is 9.59 Å². The Morgan fingerprint density at radius 3 is 2.75 bits per heavy atom. The van der Waals surface area contributed by atoms with Gasteiger partial charge in [-0.1, -0.05) is 6.07 Å². The van der Waals surface area contributed by atoms with Crippen LogP contribution in [0.2, 0.25) is 0 Å². The second kappa shape index (κ2) is 6.18. The van der Waals surface area contributed by atoms with Crippen LogP contribution in [0.3, 0.4) is 0 Å². The van der Waals surface area contributed by atoms with Crippen molar-refractivity contribution in [1.29, 1.82) is 0 Å². The molecule has 0 saturated carbocycles. The zero-order valence-electron chi connectivity index (χ0n) is 11.6. The van der Waals surface area contributed by atoms with E-state index in [-0.39, 0.29) is 11.8 Å². The van der Waals surface area contributed by atoms with Gasteiger partial charge in [0.05, 0.1) is 5.69 Å². The number of aromatic nitrogens is 2. The van der Waals surface area contributed by atoms with Crippen molar-refractivity contribution in [3.05, 3.63) is 35.8 Å². The van der Waals surface area contributed by atoms with E-state index < -0.39 is 0 Å². The molecule has 0 fully saturated rings. The van der Waals surface area contributed by atoms with Gasteiger partial charge in [-0.05, 0) is 25.5 Å². The Balaban J connectivity index is 1.97. The van der Waals surface area contributed by atoms with E-state index in [1.807, 2.05) is 31.3 Å². The van der Waals surface area contributed by atoms with E-state index >= 15 is 0 Å². The van der Waals surface area contributed by atoms with Gasteiger partial charge >= 0.3 is 0 Å². The Hall–Kier alpha value is -2.37. The Kier molecular flexibility index (Phi) is 4.34. The molecule has 0 bridgehead atoms. The highest BCUT2D eigenvalue weighted by Crippen LogP contribution is 2.11. The number of imidazole rings is 1. The first-order chi connectivity index (χ1) is 9.59. The van der Waals surface area contributed by atoms with Gasteiger partial charge < -0.3 is 10.6 Å². The van der Waals surface area contributed by atoms with E-state index in [2.05, 4.69) is 15.6 Å². The molecule has 0 aliphatic rings. The van der Waals surface area contributed by atoms with Crippen molar-refractivity contribution < 1.29 is 9.59 Å². The number of aryl methyl sites for hydroxylation is 1. The molecule has 6 nitrogen and oxygen atoms in total. The van der Waals surface area contributed by atoms with Crippen molar-refractivity contribution in [3.8, 4) is 0 Å². The van der Waals surface area contributed by atoms with Crippen LogP contribution in [-0.2, 0) is 4.79 Å². The molecule has 0 unspecified atom stereocenters. The summed E-state index contributed by atoms with van der Waals surface area (Å²) in [5.41, 5.74) is 2.02. The number of nitrogens with one attached hydrogen (secondary N) is 2. The third kappa shape index (κ3) is 3.14. The summed E-state index contributed by atoms with van der Waals surface area (Å²) < 4.78 is 1.78. The first-order valence-electron chi connectivity index (χ1n) is 6.56. The average molecular weight is 274 g/mol. The quantitative estimate of drug-likeness (QED) is 0.795. The monoisotopic (exact) mass is 274 g/mol. The first kappa shape index (κ1) is 14.0. The van der Waals surface area contributed by atoms with E-state index in [1.54, 1.807) is 4.40 Å². The summed E-state index contributed by atoms with van der Waals surface area (Å²) in [4.78, 5) is 27.2. The summed E-state index contributed by atoms with van der Waals surface area (Å²) in [6.45, 7) is 4.36. The molecule has 0 saturated heterocycles. The Bertz CT molecular complexity index is 633. The van der Waals surface area contributed by atoms with Crippen molar-refractivity contribution in [3.63, 3.8) is 0 Å². The fourth-order valence-electron chi connectivity index (χ4n) is 2.03. The van der Waals surface area contributed by atoms with Crippen LogP contribution in [-0.4, -0.2) is 34.3 Å². The molecule has 2 aromatic rings. The molecule has 0 atom stereocenters. The van der Waals surface area contributed by atoms with Crippen LogP contribution in [0, 0.1) is 6.92 Å². The predicted molar refractivity (Wildman–Crippen MR) is 75.6 cm³/mol. The number of pyridine rings is 1. The molecule has 6 heteroatoms. The smallest absolute Gasteiger partial charge is 0.270 e. The third-order valence-electron chi connectivity index (χ3n) is 2.93. The molecule has 0 spiro atoms. The minimum atomic E-state index is -0.149. The van der Waals surface area contributed by atoms with Gasteiger partial charge in [0.25, 0.3) is 5.91 Å². The van der Waals surface area contributed by atoms with Gasteiger partial charge in [-0.25, -0.2) is 4.98 Å². The van der Waals surface area contributed by atoms with Crippen LogP contribution >= 0.6 is 0 Å². The molecule has 0 aliphatic heterocycles. The first-order valence-corrected chi connectivity index (χ1v) is 6.56. The van der Waals surface area contributed by atoms with Gasteiger partial charge in [0.1, 0.15) is 11.3 Å². The Morgan fingerprint density at radius 1 is 1.25 bits per heavy atom. The van der Waals surface area contributed by atoms with Crippen LogP contribution < -0.4 is 10.6 Å². The number of carbonyl (C=O) groups excluding carboxylic acids is 2. The Labute approximate surface area is 117 Å². The zero-order valence-corrected chi connectivity index (χ0v) is 11.6. The summed E-state index contributed by atoms with van der Waals surface area (Å²) in [5, 5.41) is 5.53. The fraction of sp³-hybridized carbons (Fsp3) is 0.357. The lowest BCUT2D eigenvalue weighted by atomic mass is 10.3. The summed E-state index contributed by atoms with van der Waals surface area (Å²) >= 11 is 0. The molecule has 0 aromatic carbocycles. The fourth-order valence-corrected chi connectivity index (χ4v) is 2.03. The number of fused-ring (bicyclic) bond motifs is 1. The molecular weight excluding hydrogens is 256 g/mol. The third-order valence-corrected chi connectivity index (χ3v) is 2.93. The largest absolute Gasteiger partial charge is 0.356 e. The minimum absolute atomic E-state index is 0.0612. The van der Waals surface area contributed by atoms with Gasteiger partial charge in [-0.15, -0.1) is 0 Å². The normalized spacial score (nSPS) is 10.5. The van der Waals surface area contributed by atoms with E-state index in [0.29, 0.717) is 30.9 Å². The molecule has 2 rings (SSSR count). The highest BCUT2D eigenvalue weighted by molar-refractivity contribution is 5.94. The van der Waals surface area contributed by atoms with Crippen molar-refractivity contribution >= 4 is 17.5 Å². The number of nitrogens with zero attached hydrogens (tertiary/aromatic N) is 2. The van der Waals surface area contributed by atoms with Crippen molar-refractivity contribution in [1.82, 2.24) is 20.0 Å². The lowest BCUT2D eigenvalue weighted by molar-refractivity contribution is -0.118. The van der Waals surface area contributed by atoms with E-state index in [0.717, 1.165) is 5.65 Å². The van der Waals surface area contributed by atoms with Crippen molar-refractivity contribution in [2.24, 2.45) is 0 Å². The van der Waals surface area contributed by atoms with Crippen LogP contribution in [0.25, 0.3) is 5.65 Å². The van der Waals surface area contributed by atoms with Crippen molar-refractivity contribution in [2.75, 3.05) is 13.1 Å². The van der Waals surface area contributed by atoms with E-state index in [1.165, 1.54) is 6.92 Å². The molecule has 0 aliphatic carbocycles. The van der Waals surface area contributed by atoms with E-state index in [4.69, 9.17) is 0 Å². The lowest BCUT2D eigenvalue weighted by Gasteiger charge is -2.06. The van der Waals surface area contributed by atoms with Gasteiger partial charge in [0.15, 0.2) is 0 Å². The number of hydrogen-bond acceptors (Lipinski definition) is 3. The average Bonchev–Trinajstić information content (AvgIpc) is 2.73. The maximum atomic E-state index is 12.2. The molecule has 2 aromatic heterocycles. The van der Waals surface area contributed by atoms with Crippen LogP contribution in [0.15, 0.2) is 24.4 Å². The molecule has 2 amide bonds.